The number of likely N-dealkylation sites (N-methyl/N-ethyl adjacent to an activating group) is 1. The van der Waals surface area contributed by atoms with Gasteiger partial charge in [0.15, 0.2) is 0 Å². The molecule has 1 heterocycles. The van der Waals surface area contributed by atoms with Crippen LogP contribution >= 0.6 is 11.8 Å². The Morgan fingerprint density at radius 1 is 1.33 bits per heavy atom. The van der Waals surface area contributed by atoms with Gasteiger partial charge in [0, 0.05) is 12.6 Å². The maximum Gasteiger partial charge on any atom is 0.0195 e. The molecule has 0 aromatic carbocycles. The number of hydrogen-bond acceptors (Lipinski definition) is 3. The summed E-state index contributed by atoms with van der Waals surface area (Å²) >= 11 is 1.96. The molecular formula is C12H26N2S. The fraction of sp³-hybridized carbons (Fsp3) is 1.00. The molecule has 1 N–H and O–H groups in total. The van der Waals surface area contributed by atoms with Gasteiger partial charge in [-0.2, -0.15) is 11.8 Å². The van der Waals surface area contributed by atoms with Crippen LogP contribution in [0.4, 0.5) is 0 Å². The van der Waals surface area contributed by atoms with Crippen molar-refractivity contribution in [2.24, 2.45) is 0 Å². The minimum absolute atomic E-state index is 0.754. The Bertz CT molecular complexity index is 153. The van der Waals surface area contributed by atoms with Crippen LogP contribution < -0.4 is 5.32 Å². The smallest absolute Gasteiger partial charge is 0.0195 e. The van der Waals surface area contributed by atoms with Crippen LogP contribution in [-0.2, 0) is 0 Å². The predicted molar refractivity (Wildman–Crippen MR) is 70.8 cm³/mol. The summed E-state index contributed by atoms with van der Waals surface area (Å²) in [6.07, 6.45) is 9.04. The number of likely N-dealkylation sites (tertiary alicyclic amines) is 1. The first-order valence-electron chi connectivity index (χ1n) is 6.24. The van der Waals surface area contributed by atoms with Gasteiger partial charge in [0.05, 0.1) is 0 Å². The van der Waals surface area contributed by atoms with Crippen LogP contribution in [0, 0.1) is 0 Å². The molecule has 1 aliphatic rings. The fourth-order valence-electron chi connectivity index (χ4n) is 2.19. The number of nitrogens with zero attached hydrogens (tertiary/aromatic N) is 1. The van der Waals surface area contributed by atoms with Crippen molar-refractivity contribution in [3.8, 4) is 0 Å². The van der Waals surface area contributed by atoms with Crippen molar-refractivity contribution in [1.29, 1.82) is 0 Å². The van der Waals surface area contributed by atoms with Gasteiger partial charge >= 0.3 is 0 Å². The molecule has 3 heteroatoms. The molecule has 1 rings (SSSR count). The first kappa shape index (κ1) is 13.3. The van der Waals surface area contributed by atoms with E-state index in [1.165, 1.54) is 57.5 Å². The fourth-order valence-corrected chi connectivity index (χ4v) is 2.68. The SMILES string of the molecule is CSCCCCCNC1CCCN(C)C1. The molecule has 1 unspecified atom stereocenters. The van der Waals surface area contributed by atoms with Gasteiger partial charge in [0.2, 0.25) is 0 Å². The second kappa shape index (κ2) is 8.43. The van der Waals surface area contributed by atoms with E-state index in [4.69, 9.17) is 0 Å². The summed E-state index contributed by atoms with van der Waals surface area (Å²) in [4.78, 5) is 2.44. The zero-order chi connectivity index (χ0) is 10.9. The first-order chi connectivity index (χ1) is 7.33. The lowest BCUT2D eigenvalue weighted by molar-refractivity contribution is 0.227. The van der Waals surface area contributed by atoms with Crippen LogP contribution in [0.5, 0.6) is 0 Å². The summed E-state index contributed by atoms with van der Waals surface area (Å²) in [7, 11) is 2.23. The Morgan fingerprint density at radius 2 is 2.20 bits per heavy atom. The van der Waals surface area contributed by atoms with Crippen molar-refractivity contribution < 1.29 is 0 Å². The third-order valence-electron chi connectivity index (χ3n) is 3.08. The molecule has 2 nitrogen and oxygen atoms in total. The van der Waals surface area contributed by atoms with E-state index < -0.39 is 0 Å². The zero-order valence-electron chi connectivity index (χ0n) is 10.3. The standard InChI is InChI=1S/C12H26N2S/c1-14-9-6-7-12(11-14)13-8-4-3-5-10-15-2/h12-13H,3-11H2,1-2H3. The maximum absolute atomic E-state index is 3.68. The molecule has 15 heavy (non-hydrogen) atoms. The maximum atomic E-state index is 3.68. The summed E-state index contributed by atoms with van der Waals surface area (Å²) in [5, 5.41) is 3.68. The van der Waals surface area contributed by atoms with E-state index in [1.807, 2.05) is 11.8 Å². The summed E-state index contributed by atoms with van der Waals surface area (Å²) in [6.45, 7) is 3.74. The van der Waals surface area contributed by atoms with Gasteiger partial charge in [-0.25, -0.2) is 0 Å². The Morgan fingerprint density at radius 3 is 2.93 bits per heavy atom. The van der Waals surface area contributed by atoms with Crippen LogP contribution in [0.3, 0.4) is 0 Å². The lowest BCUT2D eigenvalue weighted by Gasteiger charge is -2.30. The molecular weight excluding hydrogens is 204 g/mol. The quantitative estimate of drug-likeness (QED) is 0.675. The minimum atomic E-state index is 0.754. The molecule has 0 aromatic rings. The number of piperidine rings is 1. The molecule has 1 fully saturated rings. The average Bonchev–Trinajstić information content (AvgIpc) is 2.23. The average molecular weight is 230 g/mol. The highest BCUT2D eigenvalue weighted by Gasteiger charge is 2.15. The van der Waals surface area contributed by atoms with Crippen LogP contribution in [0.2, 0.25) is 0 Å². The summed E-state index contributed by atoms with van der Waals surface area (Å²) in [5.74, 6) is 1.33. The second-order valence-electron chi connectivity index (χ2n) is 4.61. The van der Waals surface area contributed by atoms with Crippen molar-refractivity contribution in [2.75, 3.05) is 38.7 Å². The highest BCUT2D eigenvalue weighted by Crippen LogP contribution is 2.08. The Labute approximate surface area is 99.2 Å². The van der Waals surface area contributed by atoms with Crippen molar-refractivity contribution in [3.05, 3.63) is 0 Å². The molecule has 0 spiro atoms. The number of nitrogens with one attached hydrogen (secondary N) is 1. The van der Waals surface area contributed by atoms with E-state index in [0.29, 0.717) is 0 Å². The third kappa shape index (κ3) is 6.44. The zero-order valence-corrected chi connectivity index (χ0v) is 11.1. The normalized spacial score (nSPS) is 23.2. The van der Waals surface area contributed by atoms with Gasteiger partial charge < -0.3 is 10.2 Å². The van der Waals surface area contributed by atoms with Gasteiger partial charge in [-0.15, -0.1) is 0 Å². The lowest BCUT2D eigenvalue weighted by atomic mass is 10.1. The second-order valence-corrected chi connectivity index (χ2v) is 5.59. The van der Waals surface area contributed by atoms with E-state index in [0.717, 1.165) is 6.04 Å². The summed E-state index contributed by atoms with van der Waals surface area (Å²) in [6, 6.07) is 0.754. The van der Waals surface area contributed by atoms with E-state index in [1.54, 1.807) is 0 Å². The van der Waals surface area contributed by atoms with Gasteiger partial charge in [0.25, 0.3) is 0 Å². The minimum Gasteiger partial charge on any atom is -0.313 e. The van der Waals surface area contributed by atoms with Gasteiger partial charge in [0.1, 0.15) is 0 Å². The molecule has 0 saturated carbocycles. The molecule has 0 amide bonds. The van der Waals surface area contributed by atoms with Crippen molar-refractivity contribution >= 4 is 11.8 Å². The number of thioether (sulfide) groups is 1. The molecule has 1 saturated heterocycles. The van der Waals surface area contributed by atoms with Gasteiger partial charge in [-0.3, -0.25) is 0 Å². The topological polar surface area (TPSA) is 15.3 Å². The Kier molecular flexibility index (Phi) is 7.49. The number of unbranched alkanes of at least 4 members (excludes halogenated alkanes) is 2. The number of rotatable bonds is 7. The van der Waals surface area contributed by atoms with Crippen molar-refractivity contribution in [2.45, 2.75) is 38.1 Å². The summed E-state index contributed by atoms with van der Waals surface area (Å²) < 4.78 is 0. The van der Waals surface area contributed by atoms with Gasteiger partial charge in [-0.05, 0) is 57.8 Å². The molecule has 0 radical (unpaired) electrons. The van der Waals surface area contributed by atoms with Crippen LogP contribution in [-0.4, -0.2) is 49.6 Å². The molecule has 1 aliphatic heterocycles. The highest BCUT2D eigenvalue weighted by atomic mass is 32.2. The van der Waals surface area contributed by atoms with E-state index in [2.05, 4.69) is 23.5 Å². The third-order valence-corrected chi connectivity index (χ3v) is 3.78. The Balaban J connectivity index is 1.90. The van der Waals surface area contributed by atoms with Crippen LogP contribution in [0.15, 0.2) is 0 Å². The molecule has 0 aromatic heterocycles. The first-order valence-corrected chi connectivity index (χ1v) is 7.63. The predicted octanol–water partition coefficient (Wildman–Crippen LogP) is 2.20. The van der Waals surface area contributed by atoms with Gasteiger partial charge in [-0.1, -0.05) is 6.42 Å². The van der Waals surface area contributed by atoms with Crippen LogP contribution in [0.25, 0.3) is 0 Å². The molecule has 90 valence electrons. The molecule has 1 atom stereocenters. The number of hydrogen-bond donors (Lipinski definition) is 1. The molecule has 0 bridgehead atoms. The lowest BCUT2D eigenvalue weighted by Crippen LogP contribution is -2.44. The van der Waals surface area contributed by atoms with E-state index in [-0.39, 0.29) is 0 Å². The molecule has 0 aliphatic carbocycles. The summed E-state index contributed by atoms with van der Waals surface area (Å²) in [5.41, 5.74) is 0. The van der Waals surface area contributed by atoms with Crippen molar-refractivity contribution in [1.82, 2.24) is 10.2 Å². The highest BCUT2D eigenvalue weighted by molar-refractivity contribution is 7.98. The Hall–Kier alpha value is 0.270. The van der Waals surface area contributed by atoms with Crippen molar-refractivity contribution in [3.63, 3.8) is 0 Å². The van der Waals surface area contributed by atoms with E-state index in [9.17, 15) is 0 Å². The monoisotopic (exact) mass is 230 g/mol. The van der Waals surface area contributed by atoms with E-state index >= 15 is 0 Å². The largest absolute Gasteiger partial charge is 0.313 e. The van der Waals surface area contributed by atoms with Crippen LogP contribution in [0.1, 0.15) is 32.1 Å².